The Balaban J connectivity index is 1.60. The van der Waals surface area contributed by atoms with Gasteiger partial charge in [-0.2, -0.15) is 0 Å². The average Bonchev–Trinajstić information content (AvgIpc) is 3.69. The van der Waals surface area contributed by atoms with Gasteiger partial charge in [-0.1, -0.05) is 25.1 Å². The van der Waals surface area contributed by atoms with E-state index in [-0.39, 0.29) is 29.9 Å². The number of amides is 2. The van der Waals surface area contributed by atoms with Gasteiger partial charge in [0.2, 0.25) is 0 Å². The topological polar surface area (TPSA) is 71.1 Å². The minimum absolute atomic E-state index is 0.0638. The number of hydrogen-bond donors (Lipinski definition) is 1. The highest BCUT2D eigenvalue weighted by Crippen LogP contribution is 2.32. The summed E-state index contributed by atoms with van der Waals surface area (Å²) in [5, 5.41) is 2.92. The summed E-state index contributed by atoms with van der Waals surface area (Å²) in [6.07, 6.45) is 2.51. The first kappa shape index (κ1) is 25.2. The van der Waals surface area contributed by atoms with E-state index in [1.807, 2.05) is 18.2 Å². The smallest absolute Gasteiger partial charge is 0.257 e. The number of benzene rings is 2. The van der Waals surface area contributed by atoms with E-state index in [9.17, 15) is 9.59 Å². The number of anilines is 1. The number of fused-ring (bicyclic) bond motifs is 1. The molecule has 1 aliphatic carbocycles. The number of carbonyl (C=O) groups excluding carboxylic acids is 2. The Morgan fingerprint density at radius 3 is 2.54 bits per heavy atom. The van der Waals surface area contributed by atoms with Crippen LogP contribution in [0.4, 0.5) is 5.69 Å². The second-order valence-electron chi connectivity index (χ2n) is 10.0. The molecule has 35 heavy (non-hydrogen) atoms. The summed E-state index contributed by atoms with van der Waals surface area (Å²) >= 11 is 0. The lowest BCUT2D eigenvalue weighted by molar-refractivity contribution is 0.00994. The van der Waals surface area contributed by atoms with Crippen LogP contribution in [0.1, 0.15) is 47.4 Å². The molecule has 2 aromatic carbocycles. The summed E-state index contributed by atoms with van der Waals surface area (Å²) in [6, 6.07) is 14.5. The van der Waals surface area contributed by atoms with Crippen LogP contribution >= 0.6 is 0 Å². The average molecular weight is 480 g/mol. The monoisotopic (exact) mass is 479 g/mol. The Kier molecular flexibility index (Phi) is 8.08. The number of rotatable bonds is 5. The molecule has 0 unspecified atom stereocenters. The van der Waals surface area contributed by atoms with Crippen LogP contribution < -0.4 is 10.1 Å². The molecule has 2 aliphatic rings. The van der Waals surface area contributed by atoms with E-state index in [0.717, 1.165) is 19.0 Å². The predicted octanol–water partition coefficient (Wildman–Crippen LogP) is 4.15. The summed E-state index contributed by atoms with van der Waals surface area (Å²) in [7, 11) is 3.52. The number of nitrogens with zero attached hydrogens (tertiary/aromatic N) is 2. The maximum Gasteiger partial charge on any atom is 0.257 e. The third kappa shape index (κ3) is 6.41. The van der Waals surface area contributed by atoms with Crippen LogP contribution in [0.25, 0.3) is 0 Å². The zero-order valence-electron chi connectivity index (χ0n) is 21.2. The van der Waals surface area contributed by atoms with Gasteiger partial charge in [-0.15, -0.1) is 0 Å². The Morgan fingerprint density at radius 1 is 1.11 bits per heavy atom. The van der Waals surface area contributed by atoms with E-state index in [2.05, 4.69) is 24.1 Å². The first-order valence-corrected chi connectivity index (χ1v) is 12.5. The molecular weight excluding hydrogens is 442 g/mol. The second kappa shape index (κ2) is 11.2. The zero-order valence-corrected chi connectivity index (χ0v) is 21.2. The minimum atomic E-state index is -0.206. The van der Waals surface area contributed by atoms with Crippen molar-refractivity contribution in [3.63, 3.8) is 0 Å². The van der Waals surface area contributed by atoms with Gasteiger partial charge in [-0.25, -0.2) is 0 Å². The first-order chi connectivity index (χ1) is 16.9. The molecule has 0 aromatic heterocycles. The van der Waals surface area contributed by atoms with Gasteiger partial charge in [-0.05, 0) is 55.9 Å². The molecule has 188 valence electrons. The summed E-state index contributed by atoms with van der Waals surface area (Å²) in [5.74, 6) is 1.18. The van der Waals surface area contributed by atoms with Crippen molar-refractivity contribution in [2.75, 3.05) is 45.7 Å². The van der Waals surface area contributed by atoms with Crippen molar-refractivity contribution in [1.29, 1.82) is 0 Å². The van der Waals surface area contributed by atoms with Crippen LogP contribution in [0.15, 0.2) is 48.5 Å². The van der Waals surface area contributed by atoms with Crippen LogP contribution in [-0.2, 0) is 4.74 Å². The van der Waals surface area contributed by atoms with Crippen LogP contribution in [0.5, 0.6) is 5.75 Å². The molecule has 7 nitrogen and oxygen atoms in total. The summed E-state index contributed by atoms with van der Waals surface area (Å²) < 4.78 is 12.1. The van der Waals surface area contributed by atoms with Crippen LogP contribution in [0.2, 0.25) is 0 Å². The number of likely N-dealkylation sites (N-methyl/N-ethyl adjacent to an activating group) is 1. The quantitative estimate of drug-likeness (QED) is 0.698. The minimum Gasteiger partial charge on any atom is -0.491 e. The molecule has 3 atom stereocenters. The molecule has 0 saturated heterocycles. The number of carbonyl (C=O) groups is 2. The highest BCUT2D eigenvalue weighted by molar-refractivity contribution is 6.05. The van der Waals surface area contributed by atoms with Crippen molar-refractivity contribution in [3.05, 3.63) is 59.7 Å². The standard InChI is InChI=1S/C28H37N3O4/c1-19-15-31(16-21-10-11-21)20(2)18-35-25-14-23(29-27(32)22-8-6-5-7-9-22)12-13-24(25)28(33)30(3)17-26(19)34-4/h5-9,12-14,19-21,26H,10-11,15-18H2,1-4H3,(H,29,32)/t19-,20+,26-/m1/s1. The fraction of sp³-hybridized carbons (Fsp3) is 0.500. The summed E-state index contributed by atoms with van der Waals surface area (Å²) in [4.78, 5) is 30.2. The molecule has 0 radical (unpaired) electrons. The fourth-order valence-corrected chi connectivity index (χ4v) is 4.60. The highest BCUT2D eigenvalue weighted by Gasteiger charge is 2.31. The van der Waals surface area contributed by atoms with E-state index in [4.69, 9.17) is 9.47 Å². The summed E-state index contributed by atoms with van der Waals surface area (Å²) in [6.45, 7) is 7.27. The number of methoxy groups -OCH3 is 1. The van der Waals surface area contributed by atoms with Gasteiger partial charge < -0.3 is 19.7 Å². The number of hydrogen-bond acceptors (Lipinski definition) is 5. The van der Waals surface area contributed by atoms with Gasteiger partial charge in [-0.3, -0.25) is 14.5 Å². The highest BCUT2D eigenvalue weighted by atomic mass is 16.5. The van der Waals surface area contributed by atoms with Crippen molar-refractivity contribution < 1.29 is 19.1 Å². The van der Waals surface area contributed by atoms with Gasteiger partial charge >= 0.3 is 0 Å². The van der Waals surface area contributed by atoms with E-state index >= 15 is 0 Å². The van der Waals surface area contributed by atoms with Crippen LogP contribution in [-0.4, -0.2) is 74.2 Å². The molecule has 1 saturated carbocycles. The van der Waals surface area contributed by atoms with Gasteiger partial charge in [0.05, 0.1) is 11.7 Å². The maximum absolute atomic E-state index is 13.4. The SMILES string of the molecule is CO[C@@H]1CN(C)C(=O)c2ccc(NC(=O)c3ccccc3)cc2OC[C@H](C)N(CC2CC2)C[C@H]1C. The lowest BCUT2D eigenvalue weighted by Gasteiger charge is -2.36. The normalized spacial score (nSPS) is 24.1. The molecular formula is C28H37N3O4. The fourth-order valence-electron chi connectivity index (χ4n) is 4.60. The number of ether oxygens (including phenoxy) is 2. The lowest BCUT2D eigenvalue weighted by Crippen LogP contribution is -2.47. The van der Waals surface area contributed by atoms with E-state index in [1.165, 1.54) is 12.8 Å². The van der Waals surface area contributed by atoms with E-state index < -0.39 is 0 Å². The second-order valence-corrected chi connectivity index (χ2v) is 10.0. The molecule has 1 N–H and O–H groups in total. The van der Waals surface area contributed by atoms with Crippen molar-refractivity contribution in [2.24, 2.45) is 11.8 Å². The molecule has 4 rings (SSSR count). The third-order valence-corrected chi connectivity index (χ3v) is 7.06. The molecule has 2 aromatic rings. The molecule has 7 heteroatoms. The largest absolute Gasteiger partial charge is 0.491 e. The van der Waals surface area contributed by atoms with Gasteiger partial charge in [0, 0.05) is 57.2 Å². The lowest BCUT2D eigenvalue weighted by atomic mass is 10.0. The number of nitrogens with one attached hydrogen (secondary N) is 1. The van der Waals surface area contributed by atoms with Crippen molar-refractivity contribution in [3.8, 4) is 5.75 Å². The van der Waals surface area contributed by atoms with E-state index in [1.54, 1.807) is 49.4 Å². The van der Waals surface area contributed by atoms with Gasteiger partial charge in [0.15, 0.2) is 0 Å². The predicted molar refractivity (Wildman–Crippen MR) is 137 cm³/mol. The molecule has 0 bridgehead atoms. The molecule has 1 fully saturated rings. The van der Waals surface area contributed by atoms with Gasteiger partial charge in [0.25, 0.3) is 11.8 Å². The van der Waals surface area contributed by atoms with Crippen molar-refractivity contribution >= 4 is 17.5 Å². The van der Waals surface area contributed by atoms with Crippen LogP contribution in [0, 0.1) is 11.8 Å². The van der Waals surface area contributed by atoms with Crippen LogP contribution in [0.3, 0.4) is 0 Å². The maximum atomic E-state index is 13.4. The molecule has 1 aliphatic heterocycles. The molecule has 1 heterocycles. The Bertz CT molecular complexity index is 1020. The summed E-state index contributed by atoms with van der Waals surface area (Å²) in [5.41, 5.74) is 1.64. The Labute approximate surface area is 208 Å². The van der Waals surface area contributed by atoms with E-state index in [0.29, 0.717) is 35.7 Å². The third-order valence-electron chi connectivity index (χ3n) is 7.06. The Hall–Kier alpha value is -2.90. The Morgan fingerprint density at radius 2 is 1.86 bits per heavy atom. The van der Waals surface area contributed by atoms with Gasteiger partial charge in [0.1, 0.15) is 12.4 Å². The molecule has 2 amide bonds. The zero-order chi connectivity index (χ0) is 24.9. The first-order valence-electron chi connectivity index (χ1n) is 12.5. The van der Waals surface area contributed by atoms with Crippen molar-refractivity contribution in [2.45, 2.75) is 38.8 Å². The molecule has 0 spiro atoms. The van der Waals surface area contributed by atoms with Crippen molar-refractivity contribution in [1.82, 2.24) is 9.80 Å².